The summed E-state index contributed by atoms with van der Waals surface area (Å²) in [5.74, 6) is 0.307. The van der Waals surface area contributed by atoms with E-state index in [4.69, 9.17) is 4.74 Å². The van der Waals surface area contributed by atoms with Crippen LogP contribution in [-0.2, 0) is 9.59 Å². The van der Waals surface area contributed by atoms with E-state index in [0.717, 1.165) is 37.1 Å². The van der Waals surface area contributed by atoms with Crippen molar-refractivity contribution in [3.63, 3.8) is 0 Å². The fourth-order valence-corrected chi connectivity index (χ4v) is 3.44. The number of hydrogen-bond donors (Lipinski definition) is 2. The Morgan fingerprint density at radius 3 is 2.45 bits per heavy atom. The number of piperidine rings is 1. The second-order valence-electron chi connectivity index (χ2n) is 7.69. The van der Waals surface area contributed by atoms with Crippen molar-refractivity contribution in [3.05, 3.63) is 65.7 Å². The molecule has 1 heterocycles. The number of ether oxygens (including phenoxy) is 1. The summed E-state index contributed by atoms with van der Waals surface area (Å²) in [7, 11) is 0. The lowest BCUT2D eigenvalue weighted by Crippen LogP contribution is -2.38. The van der Waals surface area contributed by atoms with Crippen LogP contribution in [0.4, 0.5) is 0 Å². The largest absolute Gasteiger partial charge is 0.484 e. The average molecular weight is 423 g/mol. The number of hydrogen-bond acceptors (Lipinski definition) is 5. The van der Waals surface area contributed by atoms with Crippen LogP contribution in [0.25, 0.3) is 0 Å². The van der Waals surface area contributed by atoms with Crippen molar-refractivity contribution in [2.45, 2.75) is 32.2 Å². The number of hydrazone groups is 1. The Morgan fingerprint density at radius 1 is 1.03 bits per heavy atom. The molecule has 7 heteroatoms. The van der Waals surface area contributed by atoms with Crippen molar-refractivity contribution in [1.82, 2.24) is 15.6 Å². The Balaban J connectivity index is 1.37. The fourth-order valence-electron chi connectivity index (χ4n) is 3.44. The number of rotatable bonds is 9. The molecule has 2 amide bonds. The summed E-state index contributed by atoms with van der Waals surface area (Å²) in [6, 6.07) is 16.9. The number of nitrogens with one attached hydrogen (secondary N) is 2. The van der Waals surface area contributed by atoms with E-state index in [0.29, 0.717) is 12.3 Å². The lowest BCUT2D eigenvalue weighted by molar-refractivity contribution is -0.124. The van der Waals surface area contributed by atoms with Gasteiger partial charge in [-0.15, -0.1) is 0 Å². The maximum atomic E-state index is 12.1. The molecule has 7 nitrogen and oxygen atoms in total. The molecule has 2 N–H and O–H groups in total. The second kappa shape index (κ2) is 11.9. The topological polar surface area (TPSA) is 83.0 Å². The first-order chi connectivity index (χ1) is 15.1. The van der Waals surface area contributed by atoms with E-state index in [1.165, 1.54) is 6.42 Å². The van der Waals surface area contributed by atoms with E-state index < -0.39 is 0 Å². The molecule has 1 atom stereocenters. The minimum Gasteiger partial charge on any atom is -0.484 e. The molecule has 3 rings (SSSR count). The van der Waals surface area contributed by atoms with Crippen molar-refractivity contribution in [3.8, 4) is 5.75 Å². The molecule has 0 radical (unpaired) electrons. The predicted molar refractivity (Wildman–Crippen MR) is 121 cm³/mol. The third-order valence-electron chi connectivity index (χ3n) is 5.15. The van der Waals surface area contributed by atoms with Crippen molar-refractivity contribution < 1.29 is 14.3 Å². The zero-order chi connectivity index (χ0) is 21.9. The number of carbonyl (C=O) groups excluding carboxylic acids is 2. The zero-order valence-electron chi connectivity index (χ0n) is 17.9. The van der Waals surface area contributed by atoms with Crippen LogP contribution < -0.4 is 15.5 Å². The van der Waals surface area contributed by atoms with Gasteiger partial charge >= 0.3 is 0 Å². The Labute approximate surface area is 183 Å². The van der Waals surface area contributed by atoms with E-state index in [2.05, 4.69) is 20.7 Å². The van der Waals surface area contributed by atoms with Gasteiger partial charge in [-0.2, -0.15) is 5.10 Å². The third-order valence-corrected chi connectivity index (χ3v) is 5.15. The highest BCUT2D eigenvalue weighted by atomic mass is 16.5. The van der Waals surface area contributed by atoms with Crippen LogP contribution in [0.15, 0.2) is 59.7 Å². The highest BCUT2D eigenvalue weighted by Gasteiger charge is 2.13. The molecule has 1 aliphatic rings. The molecular formula is C24H30N4O3. The first kappa shape index (κ1) is 22.5. The molecule has 0 unspecified atom stereocenters. The Bertz CT molecular complexity index is 862. The molecule has 2 aromatic rings. The molecular weight excluding hydrogens is 392 g/mol. The van der Waals surface area contributed by atoms with E-state index >= 15 is 0 Å². The molecule has 2 aromatic carbocycles. The molecule has 0 aliphatic carbocycles. The molecule has 1 aliphatic heterocycles. The lowest BCUT2D eigenvalue weighted by Gasteiger charge is -2.25. The number of likely N-dealkylation sites (tertiary alicyclic amines) is 1. The summed E-state index contributed by atoms with van der Waals surface area (Å²) < 4.78 is 5.56. The Morgan fingerprint density at radius 2 is 1.74 bits per heavy atom. The van der Waals surface area contributed by atoms with Crippen molar-refractivity contribution in [2.24, 2.45) is 5.10 Å². The van der Waals surface area contributed by atoms with Gasteiger partial charge in [-0.05, 0) is 68.2 Å². The zero-order valence-corrected chi connectivity index (χ0v) is 17.9. The normalized spacial score (nSPS) is 15.4. The summed E-state index contributed by atoms with van der Waals surface area (Å²) in [5.41, 5.74) is 4.44. The highest BCUT2D eigenvalue weighted by molar-refractivity contribution is 5.83. The summed E-state index contributed by atoms with van der Waals surface area (Å²) in [4.78, 5) is 26.2. The molecule has 1 fully saturated rings. The van der Waals surface area contributed by atoms with Crippen molar-refractivity contribution >= 4 is 18.0 Å². The van der Waals surface area contributed by atoms with Gasteiger partial charge in [0, 0.05) is 0 Å². The van der Waals surface area contributed by atoms with E-state index in [1.807, 2.05) is 49.4 Å². The maximum absolute atomic E-state index is 12.1. The van der Waals surface area contributed by atoms with E-state index in [-0.39, 0.29) is 24.5 Å². The van der Waals surface area contributed by atoms with Crippen LogP contribution in [0.3, 0.4) is 0 Å². The first-order valence-corrected chi connectivity index (χ1v) is 10.7. The van der Waals surface area contributed by atoms with Crippen molar-refractivity contribution in [2.75, 3.05) is 26.2 Å². The Kier molecular flexibility index (Phi) is 8.60. The Hall–Kier alpha value is -3.19. The molecule has 31 heavy (non-hydrogen) atoms. The van der Waals surface area contributed by atoms with Gasteiger partial charge in [0.1, 0.15) is 5.75 Å². The van der Waals surface area contributed by atoms with Gasteiger partial charge < -0.3 is 10.1 Å². The SMILES string of the molecule is C[C@H](NC(=O)COc1ccc(/C=N\NC(=O)CN2CCCCC2)cc1)c1ccccc1. The van der Waals surface area contributed by atoms with E-state index in [9.17, 15) is 9.59 Å². The van der Waals surface area contributed by atoms with Gasteiger partial charge in [-0.25, -0.2) is 5.43 Å². The summed E-state index contributed by atoms with van der Waals surface area (Å²) in [6.07, 6.45) is 5.14. The number of benzene rings is 2. The summed E-state index contributed by atoms with van der Waals surface area (Å²) in [6.45, 7) is 4.21. The van der Waals surface area contributed by atoms with Crippen LogP contribution in [0.2, 0.25) is 0 Å². The van der Waals surface area contributed by atoms with Crippen molar-refractivity contribution in [1.29, 1.82) is 0 Å². The van der Waals surface area contributed by atoms with Crippen LogP contribution in [0.1, 0.15) is 43.4 Å². The highest BCUT2D eigenvalue weighted by Crippen LogP contribution is 2.13. The summed E-state index contributed by atoms with van der Waals surface area (Å²) in [5, 5.41) is 6.93. The van der Waals surface area contributed by atoms with Crippen LogP contribution in [0.5, 0.6) is 5.75 Å². The minimum absolute atomic E-state index is 0.0584. The second-order valence-corrected chi connectivity index (χ2v) is 7.69. The minimum atomic E-state index is -0.182. The predicted octanol–water partition coefficient (Wildman–Crippen LogP) is 2.88. The number of amides is 2. The average Bonchev–Trinajstić information content (AvgIpc) is 2.80. The molecule has 0 saturated carbocycles. The maximum Gasteiger partial charge on any atom is 0.258 e. The number of carbonyl (C=O) groups is 2. The number of nitrogens with zero attached hydrogens (tertiary/aromatic N) is 2. The van der Waals surface area contributed by atoms with Gasteiger partial charge in [-0.1, -0.05) is 36.8 Å². The first-order valence-electron chi connectivity index (χ1n) is 10.7. The fraction of sp³-hybridized carbons (Fsp3) is 0.375. The van der Waals surface area contributed by atoms with Gasteiger partial charge in [0.15, 0.2) is 6.61 Å². The quantitative estimate of drug-likeness (QED) is 0.481. The third kappa shape index (κ3) is 7.86. The van der Waals surface area contributed by atoms with Crippen LogP contribution in [-0.4, -0.2) is 49.2 Å². The van der Waals surface area contributed by atoms with E-state index in [1.54, 1.807) is 18.3 Å². The monoisotopic (exact) mass is 422 g/mol. The molecule has 164 valence electrons. The molecule has 1 saturated heterocycles. The van der Waals surface area contributed by atoms with Crippen LogP contribution >= 0.6 is 0 Å². The lowest BCUT2D eigenvalue weighted by atomic mass is 10.1. The van der Waals surface area contributed by atoms with Gasteiger partial charge in [-0.3, -0.25) is 14.5 Å². The molecule has 0 spiro atoms. The smallest absolute Gasteiger partial charge is 0.258 e. The van der Waals surface area contributed by atoms with Crippen LogP contribution in [0, 0.1) is 0 Å². The molecule has 0 aromatic heterocycles. The van der Waals surface area contributed by atoms with Gasteiger partial charge in [0.25, 0.3) is 11.8 Å². The standard InChI is InChI=1S/C24H30N4O3/c1-19(21-8-4-2-5-9-21)26-24(30)18-31-22-12-10-20(11-13-22)16-25-27-23(29)17-28-14-6-3-7-15-28/h2,4-5,8-13,16,19H,3,6-7,14-15,17-18H2,1H3,(H,26,30)(H,27,29)/b25-16-/t19-/m0/s1. The molecule has 0 bridgehead atoms. The summed E-state index contributed by atoms with van der Waals surface area (Å²) >= 11 is 0. The van der Waals surface area contributed by atoms with Gasteiger partial charge in [0.2, 0.25) is 0 Å². The van der Waals surface area contributed by atoms with Gasteiger partial charge in [0.05, 0.1) is 18.8 Å².